The first-order valence-electron chi connectivity index (χ1n) is 7.33. The van der Waals surface area contributed by atoms with Crippen LogP contribution in [-0.2, 0) is 6.54 Å². The molecule has 2 aromatic rings. The third kappa shape index (κ3) is 4.67. The van der Waals surface area contributed by atoms with E-state index in [2.05, 4.69) is 4.98 Å². The monoisotopic (exact) mass is 298 g/mol. The maximum atomic E-state index is 12.7. The number of aliphatic hydroxyl groups is 1. The minimum absolute atomic E-state index is 0.126. The smallest absolute Gasteiger partial charge is 0.255 e. The van der Waals surface area contributed by atoms with E-state index < -0.39 is 5.60 Å². The molecule has 0 unspecified atom stereocenters. The third-order valence-corrected chi connectivity index (χ3v) is 3.24. The summed E-state index contributed by atoms with van der Waals surface area (Å²) in [4.78, 5) is 18.5. The normalized spacial score (nSPS) is 11.3. The standard InChI is InChI=1S/C18H22N2O2/c1-14-9-10-16(11-19-14)17(21)20(13-18(2,3)22)12-15-7-5-4-6-8-15/h4-11,22H,12-13H2,1-3H3. The molecule has 0 bridgehead atoms. The van der Waals surface area contributed by atoms with Gasteiger partial charge in [-0.1, -0.05) is 30.3 Å². The summed E-state index contributed by atoms with van der Waals surface area (Å²) in [5, 5.41) is 10.1. The second kappa shape index (κ2) is 6.71. The molecule has 0 saturated heterocycles. The summed E-state index contributed by atoms with van der Waals surface area (Å²) in [6.07, 6.45) is 1.58. The zero-order chi connectivity index (χ0) is 16.2. The van der Waals surface area contributed by atoms with Crippen molar-refractivity contribution in [3.63, 3.8) is 0 Å². The van der Waals surface area contributed by atoms with Gasteiger partial charge in [0.2, 0.25) is 0 Å². The van der Waals surface area contributed by atoms with Crippen LogP contribution in [0.5, 0.6) is 0 Å². The van der Waals surface area contributed by atoms with Crippen molar-refractivity contribution in [2.24, 2.45) is 0 Å². The molecule has 4 heteroatoms. The van der Waals surface area contributed by atoms with Gasteiger partial charge < -0.3 is 10.0 Å². The van der Waals surface area contributed by atoms with Crippen molar-refractivity contribution < 1.29 is 9.90 Å². The molecule has 116 valence electrons. The van der Waals surface area contributed by atoms with Crippen molar-refractivity contribution in [2.45, 2.75) is 32.9 Å². The molecule has 0 saturated carbocycles. The van der Waals surface area contributed by atoms with E-state index in [1.54, 1.807) is 31.0 Å². The molecule has 0 radical (unpaired) electrons. The number of nitrogens with zero attached hydrogens (tertiary/aromatic N) is 2. The van der Waals surface area contributed by atoms with Crippen molar-refractivity contribution >= 4 is 5.91 Å². The number of hydrogen-bond donors (Lipinski definition) is 1. The lowest BCUT2D eigenvalue weighted by atomic mass is 10.1. The van der Waals surface area contributed by atoms with E-state index >= 15 is 0 Å². The number of carbonyl (C=O) groups is 1. The Labute approximate surface area is 131 Å². The van der Waals surface area contributed by atoms with Crippen LogP contribution >= 0.6 is 0 Å². The van der Waals surface area contributed by atoms with Crippen molar-refractivity contribution in [2.75, 3.05) is 6.54 Å². The van der Waals surface area contributed by atoms with Crippen molar-refractivity contribution in [1.82, 2.24) is 9.88 Å². The molecular weight excluding hydrogens is 276 g/mol. The fourth-order valence-corrected chi connectivity index (χ4v) is 2.25. The first-order valence-corrected chi connectivity index (χ1v) is 7.33. The van der Waals surface area contributed by atoms with E-state index in [-0.39, 0.29) is 12.5 Å². The van der Waals surface area contributed by atoms with Crippen molar-refractivity contribution in [1.29, 1.82) is 0 Å². The van der Waals surface area contributed by atoms with Gasteiger partial charge in [-0.3, -0.25) is 9.78 Å². The molecule has 2 rings (SSSR count). The van der Waals surface area contributed by atoms with E-state index in [9.17, 15) is 9.90 Å². The predicted molar refractivity (Wildman–Crippen MR) is 86.5 cm³/mol. The minimum atomic E-state index is -0.956. The lowest BCUT2D eigenvalue weighted by Gasteiger charge is -2.29. The zero-order valence-corrected chi connectivity index (χ0v) is 13.3. The van der Waals surface area contributed by atoms with Gasteiger partial charge in [-0.25, -0.2) is 0 Å². The second-order valence-corrected chi connectivity index (χ2v) is 6.15. The van der Waals surface area contributed by atoms with Crippen LogP contribution in [0.2, 0.25) is 0 Å². The number of amides is 1. The Kier molecular flexibility index (Phi) is 4.93. The lowest BCUT2D eigenvalue weighted by Crippen LogP contribution is -2.41. The summed E-state index contributed by atoms with van der Waals surface area (Å²) in [5.74, 6) is -0.126. The van der Waals surface area contributed by atoms with E-state index in [1.165, 1.54) is 0 Å². The highest BCUT2D eigenvalue weighted by Gasteiger charge is 2.23. The van der Waals surface area contributed by atoms with Gasteiger partial charge in [-0.15, -0.1) is 0 Å². The summed E-state index contributed by atoms with van der Waals surface area (Å²) >= 11 is 0. The molecule has 1 N–H and O–H groups in total. The van der Waals surface area contributed by atoms with Crippen LogP contribution < -0.4 is 0 Å². The van der Waals surface area contributed by atoms with Gasteiger partial charge >= 0.3 is 0 Å². The Bertz CT molecular complexity index is 616. The van der Waals surface area contributed by atoms with Crippen LogP contribution in [0.3, 0.4) is 0 Å². The highest BCUT2D eigenvalue weighted by molar-refractivity contribution is 5.94. The first-order chi connectivity index (χ1) is 10.3. The number of rotatable bonds is 5. The molecule has 4 nitrogen and oxygen atoms in total. The fourth-order valence-electron chi connectivity index (χ4n) is 2.25. The topological polar surface area (TPSA) is 53.4 Å². The van der Waals surface area contributed by atoms with E-state index in [4.69, 9.17) is 0 Å². The molecule has 0 spiro atoms. The van der Waals surface area contributed by atoms with Crippen LogP contribution in [0.1, 0.15) is 35.5 Å². The van der Waals surface area contributed by atoms with E-state index in [0.717, 1.165) is 11.3 Å². The van der Waals surface area contributed by atoms with Gasteiger partial charge in [0, 0.05) is 25.0 Å². The molecule has 1 aromatic heterocycles. The first kappa shape index (κ1) is 16.2. The average Bonchev–Trinajstić information content (AvgIpc) is 2.46. The molecule has 0 aliphatic carbocycles. The van der Waals surface area contributed by atoms with Gasteiger partial charge in [0.1, 0.15) is 0 Å². The molecule has 0 aliphatic heterocycles. The second-order valence-electron chi connectivity index (χ2n) is 6.15. The molecule has 1 heterocycles. The summed E-state index contributed by atoms with van der Waals surface area (Å²) in [5.41, 5.74) is 1.47. The SMILES string of the molecule is Cc1ccc(C(=O)N(Cc2ccccc2)CC(C)(C)O)cn1. The molecule has 1 amide bonds. The lowest BCUT2D eigenvalue weighted by molar-refractivity contribution is 0.0280. The maximum absolute atomic E-state index is 12.7. The third-order valence-electron chi connectivity index (χ3n) is 3.24. The molecular formula is C18H22N2O2. The molecule has 22 heavy (non-hydrogen) atoms. The Hall–Kier alpha value is -2.20. The number of aryl methyl sites for hydroxylation is 1. The van der Waals surface area contributed by atoms with Crippen LogP contribution in [0, 0.1) is 6.92 Å². The molecule has 1 aromatic carbocycles. The number of hydrogen-bond acceptors (Lipinski definition) is 3. The molecule has 0 fully saturated rings. The summed E-state index contributed by atoms with van der Waals surface area (Å²) < 4.78 is 0. The van der Waals surface area contributed by atoms with Gasteiger partial charge in [-0.05, 0) is 38.5 Å². The zero-order valence-electron chi connectivity index (χ0n) is 13.3. The number of pyridine rings is 1. The fraction of sp³-hybridized carbons (Fsp3) is 0.333. The summed E-state index contributed by atoms with van der Waals surface area (Å²) in [6, 6.07) is 13.3. The van der Waals surface area contributed by atoms with Crippen molar-refractivity contribution in [3.05, 3.63) is 65.5 Å². The highest BCUT2D eigenvalue weighted by atomic mass is 16.3. The number of benzene rings is 1. The average molecular weight is 298 g/mol. The van der Waals surface area contributed by atoms with Crippen LogP contribution in [0.15, 0.2) is 48.7 Å². The Morgan fingerprint density at radius 3 is 2.41 bits per heavy atom. The maximum Gasteiger partial charge on any atom is 0.255 e. The largest absolute Gasteiger partial charge is 0.389 e. The van der Waals surface area contributed by atoms with E-state index in [0.29, 0.717) is 12.1 Å². The molecule has 0 aliphatic rings. The van der Waals surface area contributed by atoms with Crippen molar-refractivity contribution in [3.8, 4) is 0 Å². The summed E-state index contributed by atoms with van der Waals surface area (Å²) in [6.45, 7) is 6.00. The Morgan fingerprint density at radius 1 is 1.18 bits per heavy atom. The molecule has 0 atom stereocenters. The van der Waals surface area contributed by atoms with Gasteiger partial charge in [0.25, 0.3) is 5.91 Å². The number of carbonyl (C=O) groups excluding carboxylic acids is 1. The van der Waals surface area contributed by atoms with Gasteiger partial charge in [-0.2, -0.15) is 0 Å². The summed E-state index contributed by atoms with van der Waals surface area (Å²) in [7, 11) is 0. The number of aromatic nitrogens is 1. The Balaban J connectivity index is 2.23. The van der Waals surface area contributed by atoms with Gasteiger partial charge in [0.15, 0.2) is 0 Å². The minimum Gasteiger partial charge on any atom is -0.389 e. The predicted octanol–water partition coefficient (Wildman–Crippen LogP) is 2.80. The van der Waals surface area contributed by atoms with Crippen LogP contribution in [0.4, 0.5) is 0 Å². The van der Waals surface area contributed by atoms with Crippen LogP contribution in [0.25, 0.3) is 0 Å². The van der Waals surface area contributed by atoms with Gasteiger partial charge in [0.05, 0.1) is 11.2 Å². The van der Waals surface area contributed by atoms with E-state index in [1.807, 2.05) is 43.3 Å². The highest BCUT2D eigenvalue weighted by Crippen LogP contribution is 2.14. The Morgan fingerprint density at radius 2 is 1.86 bits per heavy atom. The van der Waals surface area contributed by atoms with Crippen LogP contribution in [-0.4, -0.2) is 33.0 Å². The quantitative estimate of drug-likeness (QED) is 0.923.